The normalized spacial score (nSPS) is 11.9. The van der Waals surface area contributed by atoms with E-state index in [1.54, 1.807) is 0 Å². The van der Waals surface area contributed by atoms with Gasteiger partial charge in [-0.2, -0.15) is 0 Å². The molecule has 10 heteroatoms. The average Bonchev–Trinajstić information content (AvgIpc) is 3.42. The minimum atomic E-state index is -0.918. The lowest BCUT2D eigenvalue weighted by Gasteiger charge is -2.17. The van der Waals surface area contributed by atoms with Crippen LogP contribution in [0.4, 0.5) is 0 Å². The molecule has 0 radical (unpaired) electrons. The average molecular weight is 460 g/mol. The zero-order valence-corrected chi connectivity index (χ0v) is 18.9. The Bertz CT molecular complexity index is 1110. The topological polar surface area (TPSA) is 135 Å². The number of aryl methyl sites for hydroxylation is 3. The fourth-order valence-corrected chi connectivity index (χ4v) is 4.03. The van der Waals surface area contributed by atoms with Crippen LogP contribution < -0.4 is 10.1 Å². The van der Waals surface area contributed by atoms with Gasteiger partial charge in [-0.3, -0.25) is 9.59 Å². The number of thiophene rings is 1. The van der Waals surface area contributed by atoms with Crippen molar-refractivity contribution in [3.63, 3.8) is 0 Å². The highest BCUT2D eigenvalue weighted by Crippen LogP contribution is 2.34. The number of aliphatic hydroxyl groups excluding tert-OH is 2. The van der Waals surface area contributed by atoms with Crippen molar-refractivity contribution in [2.45, 2.75) is 33.3 Å². The van der Waals surface area contributed by atoms with E-state index in [0.29, 0.717) is 28.8 Å². The molecule has 0 aliphatic heterocycles. The lowest BCUT2D eigenvalue weighted by Crippen LogP contribution is -2.36. The van der Waals surface area contributed by atoms with Crippen LogP contribution in [-0.2, 0) is 11.2 Å². The first-order valence-corrected chi connectivity index (χ1v) is 10.9. The molecule has 1 aromatic carbocycles. The first kappa shape index (κ1) is 23.6. The molecule has 9 nitrogen and oxygen atoms in total. The second-order valence-electron chi connectivity index (χ2n) is 7.25. The van der Waals surface area contributed by atoms with E-state index in [0.717, 1.165) is 33.4 Å². The van der Waals surface area contributed by atoms with Gasteiger partial charge in [0.1, 0.15) is 25.1 Å². The first-order chi connectivity index (χ1) is 15.4. The van der Waals surface area contributed by atoms with Gasteiger partial charge in [0.15, 0.2) is 6.29 Å². The van der Waals surface area contributed by atoms with Gasteiger partial charge in [-0.25, -0.2) is 0 Å². The van der Waals surface area contributed by atoms with Crippen LogP contribution in [0.15, 0.2) is 22.6 Å². The number of amides is 1. The van der Waals surface area contributed by atoms with E-state index in [9.17, 15) is 14.7 Å². The zero-order valence-electron chi connectivity index (χ0n) is 18.0. The molecule has 170 valence electrons. The maximum Gasteiger partial charge on any atom is 0.258 e. The number of carbonyl (C=O) groups excluding carboxylic acids is 2. The number of nitrogens with one attached hydrogen (secondary N) is 1. The van der Waals surface area contributed by atoms with E-state index >= 15 is 0 Å². The van der Waals surface area contributed by atoms with Crippen molar-refractivity contribution < 1.29 is 29.0 Å². The highest BCUT2D eigenvalue weighted by Gasteiger charge is 2.18. The largest absolute Gasteiger partial charge is 0.490 e. The number of benzene rings is 1. The number of nitrogens with zero attached hydrogens (tertiary/aromatic N) is 2. The van der Waals surface area contributed by atoms with Crippen LogP contribution in [0.3, 0.4) is 0 Å². The van der Waals surface area contributed by atoms with E-state index in [2.05, 4.69) is 15.5 Å². The van der Waals surface area contributed by atoms with Gasteiger partial charge in [-0.05, 0) is 55.2 Å². The summed E-state index contributed by atoms with van der Waals surface area (Å²) < 4.78 is 11.7. The van der Waals surface area contributed by atoms with Gasteiger partial charge < -0.3 is 24.7 Å². The van der Waals surface area contributed by atoms with E-state index in [-0.39, 0.29) is 13.2 Å². The minimum Gasteiger partial charge on any atom is -0.490 e. The maximum atomic E-state index is 11.1. The van der Waals surface area contributed by atoms with Crippen molar-refractivity contribution in [3.8, 4) is 28.0 Å². The molecule has 1 atom stereocenters. The molecule has 3 rings (SSSR count). The Hall–Kier alpha value is -3.08. The summed E-state index contributed by atoms with van der Waals surface area (Å²) in [6.45, 7) is 5.06. The highest BCUT2D eigenvalue weighted by molar-refractivity contribution is 7.17. The number of aldehydes is 1. The number of aliphatic hydroxyl groups is 2. The van der Waals surface area contributed by atoms with Crippen molar-refractivity contribution in [2.24, 2.45) is 0 Å². The molecule has 2 heterocycles. The van der Waals surface area contributed by atoms with Crippen LogP contribution in [0, 0.1) is 13.8 Å². The van der Waals surface area contributed by atoms with Crippen molar-refractivity contribution in [1.29, 1.82) is 0 Å². The van der Waals surface area contributed by atoms with Gasteiger partial charge in [0.05, 0.1) is 9.75 Å². The molecule has 0 aliphatic carbocycles. The fourth-order valence-electron chi connectivity index (χ4n) is 3.12. The lowest BCUT2D eigenvalue weighted by molar-refractivity contribution is -0.124. The van der Waals surface area contributed by atoms with E-state index in [1.807, 2.05) is 39.0 Å². The Kier molecular flexibility index (Phi) is 7.73. The maximum absolute atomic E-state index is 11.1. The number of hydrogen-bond donors (Lipinski definition) is 3. The van der Waals surface area contributed by atoms with Crippen LogP contribution in [-0.4, -0.2) is 58.5 Å². The molecule has 0 saturated carbocycles. The molecular formula is C22H25N3O6S. The summed E-state index contributed by atoms with van der Waals surface area (Å²) in [6, 6.07) is 5.61. The fraction of sp³-hybridized carbons (Fsp3) is 0.364. The third kappa shape index (κ3) is 5.39. The molecule has 0 unspecified atom stereocenters. The van der Waals surface area contributed by atoms with Gasteiger partial charge in [-0.1, -0.05) is 6.92 Å². The van der Waals surface area contributed by atoms with Crippen LogP contribution in [0.2, 0.25) is 0 Å². The van der Waals surface area contributed by atoms with Crippen molar-refractivity contribution in [1.82, 2.24) is 15.5 Å². The van der Waals surface area contributed by atoms with Crippen LogP contribution in [0.25, 0.3) is 22.2 Å². The summed E-state index contributed by atoms with van der Waals surface area (Å²) in [6.07, 6.45) is 0.571. The van der Waals surface area contributed by atoms with E-state index in [1.165, 1.54) is 11.3 Å². The summed E-state index contributed by atoms with van der Waals surface area (Å²) in [5, 5.41) is 29.4. The molecular weight excluding hydrogens is 434 g/mol. The second-order valence-corrected chi connectivity index (χ2v) is 8.33. The van der Waals surface area contributed by atoms with Crippen LogP contribution >= 0.6 is 11.3 Å². The van der Waals surface area contributed by atoms with Gasteiger partial charge in [0.25, 0.3) is 5.89 Å². The lowest BCUT2D eigenvalue weighted by atomic mass is 10.0. The molecule has 0 bridgehead atoms. The monoisotopic (exact) mass is 459 g/mol. The van der Waals surface area contributed by atoms with Gasteiger partial charge >= 0.3 is 0 Å². The molecule has 0 fully saturated rings. The zero-order chi connectivity index (χ0) is 23.3. The quantitative estimate of drug-likeness (QED) is 0.393. The molecule has 0 aliphatic rings. The standard InChI is InChI=1S/C22H25N3O6S/c1-4-14-7-15(5-13(3)20(14)30-11-16(28)8-23-19(29)10-27)21-24-25-22(31-21)17-6-12(2)18(9-26)32-17/h5-7,9,16,27-28H,4,8,10-11H2,1-3H3,(H,23,29)/t16-/m0/s1. The predicted molar refractivity (Wildman–Crippen MR) is 119 cm³/mol. The van der Waals surface area contributed by atoms with Crippen LogP contribution in [0.5, 0.6) is 5.75 Å². The summed E-state index contributed by atoms with van der Waals surface area (Å²) in [5.74, 6) is 0.797. The van der Waals surface area contributed by atoms with E-state index < -0.39 is 18.6 Å². The Morgan fingerprint density at radius 1 is 1.25 bits per heavy atom. The summed E-state index contributed by atoms with van der Waals surface area (Å²) in [5.41, 5.74) is 3.34. The SMILES string of the molecule is CCc1cc(-c2nnc(-c3cc(C)c(C=O)s3)o2)cc(C)c1OC[C@@H](O)CNC(=O)CO. The summed E-state index contributed by atoms with van der Waals surface area (Å²) in [7, 11) is 0. The Balaban J connectivity index is 1.77. The van der Waals surface area contributed by atoms with Crippen molar-refractivity contribution >= 4 is 23.5 Å². The highest BCUT2D eigenvalue weighted by atomic mass is 32.1. The third-order valence-electron chi connectivity index (χ3n) is 4.78. The van der Waals surface area contributed by atoms with Gasteiger partial charge in [0.2, 0.25) is 11.8 Å². The van der Waals surface area contributed by atoms with Crippen LogP contribution in [0.1, 0.15) is 33.3 Å². The second kappa shape index (κ2) is 10.5. The number of rotatable bonds is 10. The molecule has 3 aromatic rings. The Labute approximate surface area is 189 Å². The van der Waals surface area contributed by atoms with Crippen molar-refractivity contribution in [2.75, 3.05) is 19.8 Å². The Morgan fingerprint density at radius 2 is 2.00 bits per heavy atom. The molecule has 0 saturated heterocycles. The molecule has 32 heavy (non-hydrogen) atoms. The van der Waals surface area contributed by atoms with Gasteiger partial charge in [-0.15, -0.1) is 21.5 Å². The third-order valence-corrected chi connectivity index (χ3v) is 5.93. The number of carbonyl (C=O) groups is 2. The minimum absolute atomic E-state index is 0.0135. The smallest absolute Gasteiger partial charge is 0.258 e. The number of hydrogen-bond acceptors (Lipinski definition) is 9. The first-order valence-electron chi connectivity index (χ1n) is 10.1. The summed E-state index contributed by atoms with van der Waals surface area (Å²) in [4.78, 5) is 23.6. The van der Waals surface area contributed by atoms with Gasteiger partial charge in [0, 0.05) is 12.1 Å². The molecule has 0 spiro atoms. The van der Waals surface area contributed by atoms with Crippen molar-refractivity contribution in [3.05, 3.63) is 39.8 Å². The van der Waals surface area contributed by atoms with E-state index in [4.69, 9.17) is 14.3 Å². The molecule has 1 amide bonds. The number of aromatic nitrogens is 2. The predicted octanol–water partition coefficient (Wildman–Crippen LogP) is 2.31. The summed E-state index contributed by atoms with van der Waals surface area (Å²) >= 11 is 1.30. The molecule has 2 aromatic heterocycles. The molecule has 3 N–H and O–H groups in total. The number of ether oxygens (including phenoxy) is 1. The Morgan fingerprint density at radius 3 is 2.66 bits per heavy atom.